The van der Waals surface area contributed by atoms with Gasteiger partial charge >= 0.3 is 0 Å². The van der Waals surface area contributed by atoms with Gasteiger partial charge in [0, 0.05) is 24.2 Å². The molecule has 0 unspecified atom stereocenters. The number of halogens is 1. The Hall–Kier alpha value is -3.51. The zero-order chi connectivity index (χ0) is 22.7. The molecule has 0 saturated heterocycles. The topological polar surface area (TPSA) is 64.9 Å². The number of nitrogens with one attached hydrogen (secondary N) is 1. The summed E-state index contributed by atoms with van der Waals surface area (Å²) in [6.07, 6.45) is 2.76. The molecule has 0 aliphatic heterocycles. The van der Waals surface area contributed by atoms with E-state index in [1.807, 2.05) is 28.8 Å². The van der Waals surface area contributed by atoms with Crippen LogP contribution in [0.2, 0.25) is 5.02 Å². The summed E-state index contributed by atoms with van der Waals surface area (Å²) in [4.78, 5) is 17.6. The largest absolute Gasteiger partial charge is 0.495 e. The zero-order valence-electron chi connectivity index (χ0n) is 18.2. The van der Waals surface area contributed by atoms with Gasteiger partial charge in [-0.25, -0.2) is 4.98 Å². The number of fused-ring (bicyclic) bond motifs is 1. The first-order valence-corrected chi connectivity index (χ1v) is 10.6. The Morgan fingerprint density at radius 3 is 2.53 bits per heavy atom. The van der Waals surface area contributed by atoms with Crippen molar-refractivity contribution in [2.75, 3.05) is 19.5 Å². The second kappa shape index (κ2) is 9.32. The summed E-state index contributed by atoms with van der Waals surface area (Å²) in [6.45, 7) is 2.05. The summed E-state index contributed by atoms with van der Waals surface area (Å²) in [5, 5.41) is 3.29. The van der Waals surface area contributed by atoms with Crippen molar-refractivity contribution in [1.82, 2.24) is 9.38 Å². The van der Waals surface area contributed by atoms with Gasteiger partial charge in [0.15, 0.2) is 0 Å². The summed E-state index contributed by atoms with van der Waals surface area (Å²) in [6, 6.07) is 17.4. The lowest BCUT2D eigenvalue weighted by Gasteiger charge is -2.13. The lowest BCUT2D eigenvalue weighted by atomic mass is 10.1. The highest BCUT2D eigenvalue weighted by molar-refractivity contribution is 6.32. The van der Waals surface area contributed by atoms with Crippen molar-refractivity contribution in [1.29, 1.82) is 0 Å². The van der Waals surface area contributed by atoms with Crippen LogP contribution < -0.4 is 14.8 Å². The van der Waals surface area contributed by atoms with E-state index in [1.54, 1.807) is 12.1 Å². The molecule has 164 valence electrons. The Kier molecular flexibility index (Phi) is 6.32. The molecule has 4 aromatic rings. The third-order valence-electron chi connectivity index (χ3n) is 5.29. The molecule has 0 aliphatic rings. The molecule has 2 aromatic carbocycles. The second-order valence-corrected chi connectivity index (χ2v) is 7.84. The second-order valence-electron chi connectivity index (χ2n) is 7.44. The number of nitrogens with zero attached hydrogens (tertiary/aromatic N) is 2. The molecule has 6 nitrogen and oxygen atoms in total. The van der Waals surface area contributed by atoms with E-state index < -0.39 is 0 Å². The molecule has 4 rings (SSSR count). The maximum absolute atomic E-state index is 12.8. The first kappa shape index (κ1) is 21.7. The molecule has 2 aromatic heterocycles. The first-order valence-electron chi connectivity index (χ1n) is 10.2. The number of imidazole rings is 1. The summed E-state index contributed by atoms with van der Waals surface area (Å²) in [5.74, 6) is 0.815. The summed E-state index contributed by atoms with van der Waals surface area (Å²) >= 11 is 6.22. The Bertz CT molecular complexity index is 1270. The van der Waals surface area contributed by atoms with Gasteiger partial charge in [0.1, 0.15) is 17.1 Å². The molecule has 2 heterocycles. The number of carbonyl (C=O) groups is 1. The number of rotatable bonds is 7. The number of amides is 1. The lowest BCUT2D eigenvalue weighted by Crippen LogP contribution is -2.14. The maximum Gasteiger partial charge on any atom is 0.224 e. The number of hydrogen-bond acceptors (Lipinski definition) is 4. The zero-order valence-corrected chi connectivity index (χ0v) is 18.9. The van der Waals surface area contributed by atoms with Gasteiger partial charge in [0.05, 0.1) is 36.3 Å². The highest BCUT2D eigenvalue weighted by Crippen LogP contribution is 2.36. The van der Waals surface area contributed by atoms with Crippen LogP contribution in [0.3, 0.4) is 0 Å². The van der Waals surface area contributed by atoms with Crippen LogP contribution in [0.1, 0.15) is 17.7 Å². The van der Waals surface area contributed by atoms with Crippen LogP contribution >= 0.6 is 11.6 Å². The van der Waals surface area contributed by atoms with Crippen LogP contribution in [0.4, 0.5) is 5.69 Å². The van der Waals surface area contributed by atoms with Crippen LogP contribution in [0.15, 0.2) is 60.8 Å². The van der Waals surface area contributed by atoms with E-state index >= 15 is 0 Å². The molecular weight excluding hydrogens is 426 g/mol. The Labute approximate surface area is 191 Å². The highest BCUT2D eigenvalue weighted by atomic mass is 35.5. The van der Waals surface area contributed by atoms with Crippen molar-refractivity contribution >= 4 is 28.8 Å². The number of pyridine rings is 1. The number of benzene rings is 2. The maximum atomic E-state index is 12.8. The number of carbonyl (C=O) groups excluding carboxylic acids is 1. The third-order valence-corrected chi connectivity index (χ3v) is 5.59. The smallest absolute Gasteiger partial charge is 0.224 e. The average Bonchev–Trinajstić information content (AvgIpc) is 3.17. The van der Waals surface area contributed by atoms with E-state index in [0.29, 0.717) is 28.6 Å². The molecule has 0 spiro atoms. The van der Waals surface area contributed by atoms with Crippen molar-refractivity contribution in [3.63, 3.8) is 0 Å². The SMILES string of the molecule is COc1cc(OC)c(NC(=O)CCc2c(-c3ccc(C)cc3)nc3ccccn23)cc1Cl. The van der Waals surface area contributed by atoms with Crippen LogP contribution in [0.25, 0.3) is 16.9 Å². The number of aryl methyl sites for hydroxylation is 2. The Balaban J connectivity index is 1.58. The summed E-state index contributed by atoms with van der Waals surface area (Å²) < 4.78 is 12.6. The number of hydrogen-bond donors (Lipinski definition) is 1. The van der Waals surface area contributed by atoms with Gasteiger partial charge in [-0.15, -0.1) is 0 Å². The van der Waals surface area contributed by atoms with E-state index in [2.05, 4.69) is 36.5 Å². The molecule has 0 atom stereocenters. The fraction of sp³-hybridized carbons (Fsp3) is 0.200. The average molecular weight is 450 g/mol. The molecule has 32 heavy (non-hydrogen) atoms. The van der Waals surface area contributed by atoms with Crippen molar-refractivity contribution in [2.45, 2.75) is 19.8 Å². The van der Waals surface area contributed by atoms with Crippen molar-refractivity contribution < 1.29 is 14.3 Å². The number of aromatic nitrogens is 2. The highest BCUT2D eigenvalue weighted by Gasteiger charge is 2.17. The van der Waals surface area contributed by atoms with E-state index in [9.17, 15) is 4.79 Å². The van der Waals surface area contributed by atoms with E-state index in [0.717, 1.165) is 22.6 Å². The molecule has 7 heteroatoms. The minimum absolute atomic E-state index is 0.148. The number of anilines is 1. The lowest BCUT2D eigenvalue weighted by molar-refractivity contribution is -0.116. The molecule has 0 saturated carbocycles. The van der Waals surface area contributed by atoms with Crippen LogP contribution in [-0.2, 0) is 11.2 Å². The van der Waals surface area contributed by atoms with Crippen molar-refractivity contribution in [3.05, 3.63) is 77.1 Å². The fourth-order valence-corrected chi connectivity index (χ4v) is 3.87. The van der Waals surface area contributed by atoms with E-state index in [1.165, 1.54) is 19.8 Å². The van der Waals surface area contributed by atoms with Gasteiger partial charge in [-0.3, -0.25) is 4.79 Å². The molecular formula is C25H24ClN3O3. The number of methoxy groups -OCH3 is 2. The fourth-order valence-electron chi connectivity index (χ4n) is 3.63. The van der Waals surface area contributed by atoms with Crippen LogP contribution in [0, 0.1) is 6.92 Å². The van der Waals surface area contributed by atoms with E-state index in [4.69, 9.17) is 26.1 Å². The quantitative estimate of drug-likeness (QED) is 0.401. The molecule has 0 radical (unpaired) electrons. The van der Waals surface area contributed by atoms with Gasteiger partial charge in [-0.1, -0.05) is 47.5 Å². The van der Waals surface area contributed by atoms with Crippen molar-refractivity contribution in [3.8, 4) is 22.8 Å². The Morgan fingerprint density at radius 1 is 1.06 bits per heavy atom. The number of ether oxygens (including phenoxy) is 2. The molecule has 0 fully saturated rings. The van der Waals surface area contributed by atoms with Crippen molar-refractivity contribution in [2.24, 2.45) is 0 Å². The monoisotopic (exact) mass is 449 g/mol. The van der Waals surface area contributed by atoms with Gasteiger partial charge in [0.25, 0.3) is 0 Å². The summed E-state index contributed by atoms with van der Waals surface area (Å²) in [7, 11) is 3.06. The molecule has 1 N–H and O–H groups in total. The Morgan fingerprint density at radius 2 is 1.81 bits per heavy atom. The normalized spacial score (nSPS) is 10.9. The van der Waals surface area contributed by atoms with Gasteiger partial charge in [0.2, 0.25) is 5.91 Å². The van der Waals surface area contributed by atoms with Crippen LogP contribution in [0.5, 0.6) is 11.5 Å². The van der Waals surface area contributed by atoms with E-state index in [-0.39, 0.29) is 12.3 Å². The summed E-state index contributed by atoms with van der Waals surface area (Å²) in [5.41, 5.74) is 5.43. The van der Waals surface area contributed by atoms with Gasteiger partial charge in [-0.05, 0) is 31.5 Å². The predicted molar refractivity (Wildman–Crippen MR) is 127 cm³/mol. The third kappa shape index (κ3) is 4.41. The van der Waals surface area contributed by atoms with Gasteiger partial charge < -0.3 is 19.2 Å². The first-order chi connectivity index (χ1) is 15.5. The predicted octanol–water partition coefficient (Wildman–Crippen LogP) is 5.55. The molecule has 0 bridgehead atoms. The minimum atomic E-state index is -0.148. The molecule has 0 aliphatic carbocycles. The van der Waals surface area contributed by atoms with Gasteiger partial charge in [-0.2, -0.15) is 0 Å². The van der Waals surface area contributed by atoms with Crippen LogP contribution in [-0.4, -0.2) is 29.5 Å². The minimum Gasteiger partial charge on any atom is -0.495 e. The molecule has 1 amide bonds. The standard InChI is InChI=1S/C25H24ClN3O3/c1-16-7-9-17(10-8-16)25-20(29-13-5-4-6-23(29)28-25)11-12-24(30)27-19-14-18(26)21(31-2)15-22(19)32-3/h4-10,13-15H,11-12H2,1-3H3,(H,27,30).